The minimum atomic E-state index is 0.689. The van der Waals surface area contributed by atoms with Crippen molar-refractivity contribution in [2.24, 2.45) is 0 Å². The molecule has 94 valence electrons. The van der Waals surface area contributed by atoms with Crippen molar-refractivity contribution in [2.45, 2.75) is 13.5 Å². The highest BCUT2D eigenvalue weighted by Crippen LogP contribution is 2.27. The molecule has 0 bridgehead atoms. The fourth-order valence-corrected chi connectivity index (χ4v) is 2.18. The highest BCUT2D eigenvalue weighted by molar-refractivity contribution is 6.33. The van der Waals surface area contributed by atoms with Gasteiger partial charge in [-0.05, 0) is 24.6 Å². The van der Waals surface area contributed by atoms with Gasteiger partial charge in [0.05, 0.1) is 17.8 Å². The zero-order chi connectivity index (χ0) is 13.0. The molecule has 0 unspecified atom stereocenters. The average Bonchev–Trinajstić information content (AvgIpc) is 2.38. The van der Waals surface area contributed by atoms with Gasteiger partial charge in [-0.3, -0.25) is 0 Å². The summed E-state index contributed by atoms with van der Waals surface area (Å²) in [5, 5.41) is 4.10. The van der Waals surface area contributed by atoms with Gasteiger partial charge < -0.3 is 10.1 Å². The van der Waals surface area contributed by atoms with Gasteiger partial charge in [0.2, 0.25) is 0 Å². The number of hydrogen-bond donors (Lipinski definition) is 1. The first-order valence-electron chi connectivity index (χ1n) is 5.83. The minimum absolute atomic E-state index is 0.689. The second-order valence-corrected chi connectivity index (χ2v) is 4.50. The number of benzene rings is 2. The van der Waals surface area contributed by atoms with Crippen molar-refractivity contribution >= 4 is 17.3 Å². The first-order chi connectivity index (χ1) is 8.72. The highest BCUT2D eigenvalue weighted by atomic mass is 35.5. The van der Waals surface area contributed by atoms with E-state index in [1.54, 1.807) is 7.11 Å². The Kier molecular flexibility index (Phi) is 4.11. The molecule has 2 rings (SSSR count). The Morgan fingerprint density at radius 3 is 2.61 bits per heavy atom. The van der Waals surface area contributed by atoms with E-state index in [1.807, 2.05) is 49.4 Å². The zero-order valence-corrected chi connectivity index (χ0v) is 11.3. The van der Waals surface area contributed by atoms with Crippen LogP contribution in [0.3, 0.4) is 0 Å². The number of ether oxygens (including phenoxy) is 1. The van der Waals surface area contributed by atoms with Crippen LogP contribution in [0.15, 0.2) is 42.5 Å². The molecule has 3 heteroatoms. The van der Waals surface area contributed by atoms with E-state index in [1.165, 1.54) is 0 Å². The molecule has 0 aliphatic rings. The molecule has 18 heavy (non-hydrogen) atoms. The van der Waals surface area contributed by atoms with Crippen molar-refractivity contribution in [1.29, 1.82) is 0 Å². The first kappa shape index (κ1) is 12.8. The monoisotopic (exact) mass is 261 g/mol. The second-order valence-electron chi connectivity index (χ2n) is 4.10. The smallest absolute Gasteiger partial charge is 0.123 e. The van der Waals surface area contributed by atoms with E-state index < -0.39 is 0 Å². The van der Waals surface area contributed by atoms with E-state index in [4.69, 9.17) is 16.3 Å². The van der Waals surface area contributed by atoms with Crippen LogP contribution in [0.1, 0.15) is 11.1 Å². The predicted molar refractivity (Wildman–Crippen MR) is 76.5 cm³/mol. The molecule has 0 amide bonds. The van der Waals surface area contributed by atoms with Gasteiger partial charge in [-0.2, -0.15) is 0 Å². The van der Waals surface area contributed by atoms with Crippen LogP contribution in [0.25, 0.3) is 0 Å². The summed E-state index contributed by atoms with van der Waals surface area (Å²) in [5.41, 5.74) is 3.22. The minimum Gasteiger partial charge on any atom is -0.496 e. The Morgan fingerprint density at radius 1 is 1.11 bits per heavy atom. The summed E-state index contributed by atoms with van der Waals surface area (Å²) in [6.07, 6.45) is 0. The maximum absolute atomic E-state index is 6.18. The lowest BCUT2D eigenvalue weighted by atomic mass is 10.1. The zero-order valence-electron chi connectivity index (χ0n) is 10.5. The van der Waals surface area contributed by atoms with Crippen molar-refractivity contribution in [3.8, 4) is 5.75 Å². The summed E-state index contributed by atoms with van der Waals surface area (Å²) in [5.74, 6) is 0.884. The molecule has 2 aromatic rings. The molecule has 0 aliphatic heterocycles. The van der Waals surface area contributed by atoms with Gasteiger partial charge >= 0.3 is 0 Å². The highest BCUT2D eigenvalue weighted by Gasteiger charge is 2.05. The number of hydrogen-bond acceptors (Lipinski definition) is 2. The van der Waals surface area contributed by atoms with Crippen LogP contribution in [0.5, 0.6) is 5.75 Å². The van der Waals surface area contributed by atoms with Crippen molar-refractivity contribution in [3.63, 3.8) is 0 Å². The van der Waals surface area contributed by atoms with Crippen LogP contribution in [0, 0.1) is 6.92 Å². The summed E-state index contributed by atoms with van der Waals surface area (Å²) >= 11 is 6.18. The Hall–Kier alpha value is -1.67. The van der Waals surface area contributed by atoms with Gasteiger partial charge in [-0.15, -0.1) is 0 Å². The van der Waals surface area contributed by atoms with Gasteiger partial charge in [0.25, 0.3) is 0 Å². The molecule has 1 N–H and O–H groups in total. The van der Waals surface area contributed by atoms with E-state index in [0.717, 1.165) is 27.6 Å². The fourth-order valence-electron chi connectivity index (χ4n) is 1.89. The maximum atomic E-state index is 6.18. The summed E-state index contributed by atoms with van der Waals surface area (Å²) in [7, 11) is 1.68. The Balaban J connectivity index is 2.16. The molecule has 2 nitrogen and oxygen atoms in total. The summed E-state index contributed by atoms with van der Waals surface area (Å²) in [6.45, 7) is 2.73. The number of anilines is 1. The molecule has 0 aliphatic carbocycles. The summed E-state index contributed by atoms with van der Waals surface area (Å²) in [4.78, 5) is 0. The molecule has 0 heterocycles. The van der Waals surface area contributed by atoms with Gasteiger partial charge in [-0.25, -0.2) is 0 Å². The third kappa shape index (κ3) is 2.77. The number of nitrogens with one attached hydrogen (secondary N) is 1. The lowest BCUT2D eigenvalue weighted by Gasteiger charge is -2.13. The molecular formula is C15H16ClNO. The van der Waals surface area contributed by atoms with E-state index >= 15 is 0 Å². The number of aryl methyl sites for hydroxylation is 1. The molecule has 0 saturated heterocycles. The van der Waals surface area contributed by atoms with Crippen LogP contribution in [-0.4, -0.2) is 7.11 Å². The largest absolute Gasteiger partial charge is 0.496 e. The van der Waals surface area contributed by atoms with Gasteiger partial charge in [0, 0.05) is 12.1 Å². The van der Waals surface area contributed by atoms with Crippen LogP contribution in [-0.2, 0) is 6.54 Å². The van der Waals surface area contributed by atoms with Crippen LogP contribution in [0.4, 0.5) is 5.69 Å². The van der Waals surface area contributed by atoms with E-state index in [-0.39, 0.29) is 0 Å². The van der Waals surface area contributed by atoms with Crippen molar-refractivity contribution in [2.75, 3.05) is 12.4 Å². The molecule has 0 aromatic heterocycles. The molecule has 0 radical (unpaired) electrons. The maximum Gasteiger partial charge on any atom is 0.123 e. The van der Waals surface area contributed by atoms with Crippen LogP contribution in [0.2, 0.25) is 5.02 Å². The van der Waals surface area contributed by atoms with Crippen LogP contribution < -0.4 is 10.1 Å². The predicted octanol–water partition coefficient (Wildman–Crippen LogP) is 4.27. The van der Waals surface area contributed by atoms with Crippen molar-refractivity contribution < 1.29 is 4.74 Å². The van der Waals surface area contributed by atoms with Gasteiger partial charge in [0.15, 0.2) is 0 Å². The molecule has 0 saturated carbocycles. The topological polar surface area (TPSA) is 21.3 Å². The number of methoxy groups -OCH3 is 1. The number of rotatable bonds is 4. The van der Waals surface area contributed by atoms with Gasteiger partial charge in [0.1, 0.15) is 5.75 Å². The third-order valence-corrected chi connectivity index (χ3v) is 3.19. The lowest BCUT2D eigenvalue weighted by Crippen LogP contribution is -2.03. The lowest BCUT2D eigenvalue weighted by molar-refractivity contribution is 0.410. The molecule has 0 atom stereocenters. The summed E-state index contributed by atoms with van der Waals surface area (Å²) in [6, 6.07) is 13.8. The second kappa shape index (κ2) is 5.78. The fraction of sp³-hybridized carbons (Fsp3) is 0.200. The van der Waals surface area contributed by atoms with E-state index in [0.29, 0.717) is 6.54 Å². The Bertz CT molecular complexity index is 520. The van der Waals surface area contributed by atoms with E-state index in [2.05, 4.69) is 5.32 Å². The van der Waals surface area contributed by atoms with Gasteiger partial charge in [-0.1, -0.05) is 41.9 Å². The quantitative estimate of drug-likeness (QED) is 0.888. The Labute approximate surface area is 113 Å². The summed E-state index contributed by atoms with van der Waals surface area (Å²) < 4.78 is 5.32. The van der Waals surface area contributed by atoms with Crippen molar-refractivity contribution in [1.82, 2.24) is 0 Å². The standard InChI is InChI=1S/C15H16ClNO/c1-11-6-5-8-13(16)15(11)17-10-12-7-3-4-9-14(12)18-2/h3-9,17H,10H2,1-2H3. The SMILES string of the molecule is COc1ccccc1CNc1c(C)cccc1Cl. The van der Waals surface area contributed by atoms with E-state index in [9.17, 15) is 0 Å². The van der Waals surface area contributed by atoms with Crippen LogP contribution >= 0.6 is 11.6 Å². The molecule has 0 fully saturated rings. The third-order valence-electron chi connectivity index (χ3n) is 2.87. The van der Waals surface area contributed by atoms with Crippen molar-refractivity contribution in [3.05, 3.63) is 58.6 Å². The molecular weight excluding hydrogens is 246 g/mol. The first-order valence-corrected chi connectivity index (χ1v) is 6.21. The Morgan fingerprint density at radius 2 is 1.89 bits per heavy atom. The number of para-hydroxylation sites is 2. The molecule has 0 spiro atoms. The average molecular weight is 262 g/mol. The normalized spacial score (nSPS) is 10.2. The number of halogens is 1. The molecule has 2 aromatic carbocycles.